The van der Waals surface area contributed by atoms with E-state index in [0.29, 0.717) is 52.6 Å². The predicted octanol–water partition coefficient (Wildman–Crippen LogP) is 4.60. The molecule has 178 valence electrons. The first-order valence-electron chi connectivity index (χ1n) is 11.5. The topological polar surface area (TPSA) is 87.6 Å². The highest BCUT2D eigenvalue weighted by molar-refractivity contribution is 5.87. The van der Waals surface area contributed by atoms with Gasteiger partial charge in [0, 0.05) is 35.3 Å². The summed E-state index contributed by atoms with van der Waals surface area (Å²) in [5, 5.41) is 0. The highest BCUT2D eigenvalue weighted by Gasteiger charge is 2.51. The summed E-state index contributed by atoms with van der Waals surface area (Å²) in [5.74, 6) is 0.0231. The fourth-order valence-corrected chi connectivity index (χ4v) is 5.23. The third kappa shape index (κ3) is 2.83. The van der Waals surface area contributed by atoms with Crippen LogP contribution >= 0.6 is 0 Å². The van der Waals surface area contributed by atoms with Crippen molar-refractivity contribution in [2.75, 3.05) is 13.2 Å². The standard InChI is InChI=1S/C27H19F2N5O2/c28-21-13-17(16-3-2-10-35-14-16)12-20-23(21)36-22-6-5-15(18-4-1-7-31-24(18)29)11-19(22)27(20)25-32-8-9-34(25)26(30)33-27/h1,3-9,11-13H,2,10,14H2,(H2,30,33)/t27-/m0/s1. The second kappa shape index (κ2) is 7.56. The molecular formula is C27H19F2N5O2. The third-order valence-corrected chi connectivity index (χ3v) is 6.86. The van der Waals surface area contributed by atoms with Crippen LogP contribution in [0.15, 0.2) is 72.1 Å². The molecule has 5 heterocycles. The zero-order valence-corrected chi connectivity index (χ0v) is 18.9. The minimum absolute atomic E-state index is 0.0527. The highest BCUT2D eigenvalue weighted by Crippen LogP contribution is 2.55. The number of hydrogen-bond donors (Lipinski definition) is 1. The monoisotopic (exact) mass is 483 g/mol. The molecule has 1 atom stereocenters. The average molecular weight is 483 g/mol. The van der Waals surface area contributed by atoms with Gasteiger partial charge < -0.3 is 15.2 Å². The lowest BCUT2D eigenvalue weighted by molar-refractivity contribution is 0.164. The van der Waals surface area contributed by atoms with E-state index >= 15 is 4.39 Å². The van der Waals surface area contributed by atoms with Crippen molar-refractivity contribution in [3.8, 4) is 22.6 Å². The van der Waals surface area contributed by atoms with Crippen molar-refractivity contribution in [2.24, 2.45) is 10.7 Å². The number of aromatic nitrogens is 3. The van der Waals surface area contributed by atoms with Gasteiger partial charge in [-0.3, -0.25) is 4.57 Å². The van der Waals surface area contributed by atoms with Crippen LogP contribution in [0.3, 0.4) is 0 Å². The molecule has 36 heavy (non-hydrogen) atoms. The molecule has 1 spiro atoms. The number of hydrogen-bond acceptors (Lipinski definition) is 6. The van der Waals surface area contributed by atoms with Crippen LogP contribution in [-0.4, -0.2) is 33.7 Å². The molecule has 0 bridgehead atoms. The number of fused-ring (bicyclic) bond motifs is 6. The Kier molecular flexibility index (Phi) is 4.40. The molecule has 0 aliphatic carbocycles. The molecule has 2 aromatic carbocycles. The SMILES string of the molecule is NC1=N[C@]2(c3cc(-c4cccnc4F)ccc3Oc3c(F)cc(C4=CCCOC4)cc32)c2nccn21. The second-order valence-electron chi connectivity index (χ2n) is 8.86. The number of pyridine rings is 1. The molecule has 0 fully saturated rings. The van der Waals surface area contributed by atoms with Gasteiger partial charge in [-0.15, -0.1) is 0 Å². The van der Waals surface area contributed by atoms with E-state index in [1.165, 1.54) is 12.3 Å². The van der Waals surface area contributed by atoms with E-state index in [4.69, 9.17) is 20.2 Å². The Bertz CT molecular complexity index is 1630. The fourth-order valence-electron chi connectivity index (χ4n) is 5.23. The van der Waals surface area contributed by atoms with Gasteiger partial charge in [0.1, 0.15) is 5.75 Å². The van der Waals surface area contributed by atoms with Crippen molar-refractivity contribution >= 4 is 11.5 Å². The molecule has 0 radical (unpaired) electrons. The fraction of sp³-hybridized carbons (Fsp3) is 0.148. The lowest BCUT2D eigenvalue weighted by atomic mass is 9.78. The number of aliphatic imine (C=N–C) groups is 1. The summed E-state index contributed by atoms with van der Waals surface area (Å²) in [7, 11) is 0. The van der Waals surface area contributed by atoms with Crippen LogP contribution in [0.2, 0.25) is 0 Å². The first kappa shape index (κ1) is 21.0. The maximum atomic E-state index is 15.7. The number of nitrogens with zero attached hydrogens (tertiary/aromatic N) is 4. The van der Waals surface area contributed by atoms with Gasteiger partial charge in [0.15, 0.2) is 22.9 Å². The maximum absolute atomic E-state index is 15.7. The summed E-state index contributed by atoms with van der Waals surface area (Å²) >= 11 is 0. The summed E-state index contributed by atoms with van der Waals surface area (Å²) in [4.78, 5) is 13.2. The number of benzene rings is 2. The van der Waals surface area contributed by atoms with Crippen molar-refractivity contribution in [3.05, 3.63) is 101 Å². The van der Waals surface area contributed by atoms with Gasteiger partial charge in [-0.05, 0) is 59.5 Å². The van der Waals surface area contributed by atoms with Gasteiger partial charge >= 0.3 is 0 Å². The molecule has 2 N–H and O–H groups in total. The van der Waals surface area contributed by atoms with Crippen molar-refractivity contribution < 1.29 is 18.3 Å². The molecule has 7 rings (SSSR count). The van der Waals surface area contributed by atoms with E-state index in [2.05, 4.69) is 9.97 Å². The third-order valence-electron chi connectivity index (χ3n) is 6.86. The molecule has 3 aliphatic rings. The van der Waals surface area contributed by atoms with E-state index in [9.17, 15) is 4.39 Å². The summed E-state index contributed by atoms with van der Waals surface area (Å²) in [6.07, 6.45) is 7.51. The van der Waals surface area contributed by atoms with E-state index in [-0.39, 0.29) is 11.7 Å². The van der Waals surface area contributed by atoms with E-state index in [1.54, 1.807) is 47.3 Å². The van der Waals surface area contributed by atoms with E-state index < -0.39 is 17.3 Å². The highest BCUT2D eigenvalue weighted by atomic mass is 19.1. The lowest BCUT2D eigenvalue weighted by Gasteiger charge is -2.35. The number of rotatable bonds is 2. The van der Waals surface area contributed by atoms with Crippen molar-refractivity contribution in [1.82, 2.24) is 14.5 Å². The van der Waals surface area contributed by atoms with Crippen LogP contribution < -0.4 is 10.5 Å². The first-order valence-corrected chi connectivity index (χ1v) is 11.5. The molecular weight excluding hydrogens is 464 g/mol. The normalized spacial score (nSPS) is 19.7. The maximum Gasteiger partial charge on any atom is 0.220 e. The zero-order chi connectivity index (χ0) is 24.4. The van der Waals surface area contributed by atoms with Crippen LogP contribution in [0.25, 0.3) is 16.7 Å². The summed E-state index contributed by atoms with van der Waals surface area (Å²) < 4.78 is 43.6. The molecule has 0 saturated heterocycles. The van der Waals surface area contributed by atoms with Crippen LogP contribution in [0.5, 0.6) is 11.5 Å². The van der Waals surface area contributed by atoms with Crippen LogP contribution in [0.1, 0.15) is 28.9 Å². The van der Waals surface area contributed by atoms with Gasteiger partial charge in [0.25, 0.3) is 0 Å². The van der Waals surface area contributed by atoms with Gasteiger partial charge in [-0.1, -0.05) is 12.1 Å². The molecule has 0 saturated carbocycles. The number of halogens is 2. The zero-order valence-electron chi connectivity index (χ0n) is 18.9. The number of nitrogens with two attached hydrogens (primary N) is 1. The Labute approximate surface area is 204 Å². The van der Waals surface area contributed by atoms with E-state index in [1.807, 2.05) is 12.1 Å². The number of ether oxygens (including phenoxy) is 2. The molecule has 2 aromatic heterocycles. The molecule has 4 aromatic rings. The molecule has 7 nitrogen and oxygen atoms in total. The Hall–Kier alpha value is -4.37. The largest absolute Gasteiger partial charge is 0.453 e. The Morgan fingerprint density at radius 1 is 1.00 bits per heavy atom. The Morgan fingerprint density at radius 3 is 2.72 bits per heavy atom. The lowest BCUT2D eigenvalue weighted by Crippen LogP contribution is -2.31. The Morgan fingerprint density at radius 2 is 1.89 bits per heavy atom. The van der Waals surface area contributed by atoms with Crippen molar-refractivity contribution in [3.63, 3.8) is 0 Å². The van der Waals surface area contributed by atoms with Crippen LogP contribution in [0, 0.1) is 11.8 Å². The van der Waals surface area contributed by atoms with Gasteiger partial charge in [0.2, 0.25) is 11.9 Å². The second-order valence-corrected chi connectivity index (χ2v) is 8.86. The summed E-state index contributed by atoms with van der Waals surface area (Å²) in [5.41, 5.74) is 8.54. The Balaban J connectivity index is 1.53. The quantitative estimate of drug-likeness (QED) is 0.421. The molecule has 9 heteroatoms. The molecule has 0 amide bonds. The minimum atomic E-state index is -1.29. The summed E-state index contributed by atoms with van der Waals surface area (Å²) in [6.45, 7) is 1.01. The van der Waals surface area contributed by atoms with Gasteiger partial charge in [-0.25, -0.2) is 19.4 Å². The van der Waals surface area contributed by atoms with Crippen LogP contribution in [0.4, 0.5) is 8.78 Å². The number of imidazole rings is 1. The summed E-state index contributed by atoms with van der Waals surface area (Å²) in [6, 6.07) is 11.8. The first-order chi connectivity index (χ1) is 17.6. The molecule has 3 aliphatic heterocycles. The van der Waals surface area contributed by atoms with Gasteiger partial charge in [0.05, 0.1) is 13.2 Å². The van der Waals surface area contributed by atoms with Crippen molar-refractivity contribution in [1.29, 1.82) is 0 Å². The molecule has 0 unspecified atom stereocenters. The average Bonchev–Trinajstić information content (AvgIpc) is 3.49. The smallest absolute Gasteiger partial charge is 0.220 e. The minimum Gasteiger partial charge on any atom is -0.453 e. The van der Waals surface area contributed by atoms with Crippen molar-refractivity contribution in [2.45, 2.75) is 12.0 Å². The predicted molar refractivity (Wildman–Crippen MR) is 129 cm³/mol. The van der Waals surface area contributed by atoms with Crippen LogP contribution in [-0.2, 0) is 10.3 Å². The van der Waals surface area contributed by atoms with E-state index in [0.717, 1.165) is 12.0 Å². The van der Waals surface area contributed by atoms with Gasteiger partial charge in [-0.2, -0.15) is 4.39 Å².